The van der Waals surface area contributed by atoms with Gasteiger partial charge in [0.1, 0.15) is 17.2 Å². The van der Waals surface area contributed by atoms with Crippen molar-refractivity contribution in [2.45, 2.75) is 26.3 Å². The number of hydrogen-bond acceptors (Lipinski definition) is 5. The number of halogens is 3. The third kappa shape index (κ3) is 4.18. The van der Waals surface area contributed by atoms with Gasteiger partial charge in [0.15, 0.2) is 17.3 Å². The second-order valence-corrected chi connectivity index (χ2v) is 8.15. The fourth-order valence-corrected chi connectivity index (χ4v) is 4.33. The molecule has 2 aromatic heterocycles. The number of benzene rings is 1. The predicted molar refractivity (Wildman–Crippen MR) is 118 cm³/mol. The van der Waals surface area contributed by atoms with Crippen molar-refractivity contribution >= 4 is 22.8 Å². The van der Waals surface area contributed by atoms with Gasteiger partial charge in [-0.3, -0.25) is 9.36 Å². The number of hydrogen-bond donors (Lipinski definition) is 2. The molecule has 1 unspecified atom stereocenters. The Kier molecular flexibility index (Phi) is 6.11. The van der Waals surface area contributed by atoms with E-state index in [2.05, 4.69) is 17.2 Å². The highest BCUT2D eigenvalue weighted by Crippen LogP contribution is 2.29. The Morgan fingerprint density at radius 1 is 1.27 bits per heavy atom. The van der Waals surface area contributed by atoms with Crippen LogP contribution in [0.5, 0.6) is 0 Å². The average Bonchev–Trinajstić information content (AvgIpc) is 3.25. The van der Waals surface area contributed by atoms with Gasteiger partial charge >= 0.3 is 5.97 Å². The van der Waals surface area contributed by atoms with Gasteiger partial charge in [0.05, 0.1) is 11.1 Å². The van der Waals surface area contributed by atoms with Crippen molar-refractivity contribution in [1.82, 2.24) is 14.9 Å². The monoisotopic (exact) mass is 460 g/mol. The molecule has 0 saturated carbocycles. The summed E-state index contributed by atoms with van der Waals surface area (Å²) in [5.41, 5.74) is -1.95. The number of nitrogens with zero attached hydrogens (tertiary/aromatic N) is 3. The highest BCUT2D eigenvalue weighted by atomic mass is 19.1. The Labute approximate surface area is 187 Å². The smallest absolute Gasteiger partial charge is 0.341 e. The molecular formula is C23H23F3N4O3. The van der Waals surface area contributed by atoms with Crippen LogP contribution in [0.2, 0.25) is 0 Å². The SMILES string of the molecule is CCN[C@H](C)C1CCN(c2nc3c(cc2F)c(=O)c(C(=O)O)cn3-c2ccc(F)cc2F)C1. The van der Waals surface area contributed by atoms with Crippen LogP contribution in [0.15, 0.2) is 35.3 Å². The number of aromatic carboxylic acids is 1. The van der Waals surface area contributed by atoms with Crippen molar-refractivity contribution in [3.8, 4) is 5.69 Å². The molecule has 1 saturated heterocycles. The number of anilines is 1. The molecule has 0 aliphatic carbocycles. The maximum Gasteiger partial charge on any atom is 0.341 e. The molecule has 10 heteroatoms. The minimum Gasteiger partial charge on any atom is -0.477 e. The van der Waals surface area contributed by atoms with Gasteiger partial charge in [-0.25, -0.2) is 22.9 Å². The molecule has 1 fully saturated rings. The summed E-state index contributed by atoms with van der Waals surface area (Å²) in [4.78, 5) is 30.4. The van der Waals surface area contributed by atoms with Crippen LogP contribution in [0.3, 0.4) is 0 Å². The molecule has 33 heavy (non-hydrogen) atoms. The van der Waals surface area contributed by atoms with Crippen molar-refractivity contribution < 1.29 is 23.1 Å². The minimum atomic E-state index is -1.55. The van der Waals surface area contributed by atoms with Crippen LogP contribution >= 0.6 is 0 Å². The summed E-state index contributed by atoms with van der Waals surface area (Å²) < 4.78 is 44.2. The Bertz CT molecular complexity index is 1290. The van der Waals surface area contributed by atoms with Crippen LogP contribution < -0.4 is 15.6 Å². The zero-order valence-electron chi connectivity index (χ0n) is 18.1. The van der Waals surface area contributed by atoms with E-state index in [4.69, 9.17) is 0 Å². The summed E-state index contributed by atoms with van der Waals surface area (Å²) in [5.74, 6) is -3.88. The number of fused-ring (bicyclic) bond motifs is 1. The zero-order chi connectivity index (χ0) is 23.9. The van der Waals surface area contributed by atoms with Crippen molar-refractivity contribution in [1.29, 1.82) is 0 Å². The van der Waals surface area contributed by atoms with Crippen molar-refractivity contribution in [2.75, 3.05) is 24.5 Å². The topological polar surface area (TPSA) is 87.5 Å². The summed E-state index contributed by atoms with van der Waals surface area (Å²) >= 11 is 0. The van der Waals surface area contributed by atoms with Crippen LogP contribution in [0.1, 0.15) is 30.6 Å². The van der Waals surface area contributed by atoms with Gasteiger partial charge in [-0.15, -0.1) is 0 Å². The molecule has 1 aromatic carbocycles. The van der Waals surface area contributed by atoms with Gasteiger partial charge in [-0.2, -0.15) is 0 Å². The first kappa shape index (κ1) is 22.8. The number of carboxylic acid groups (broad SMARTS) is 1. The second kappa shape index (κ2) is 8.86. The first-order chi connectivity index (χ1) is 15.7. The van der Waals surface area contributed by atoms with Crippen LogP contribution in [-0.2, 0) is 0 Å². The van der Waals surface area contributed by atoms with Crippen LogP contribution in [0.4, 0.5) is 19.0 Å². The molecule has 3 heterocycles. The Balaban J connectivity index is 1.89. The van der Waals surface area contributed by atoms with E-state index in [-0.39, 0.29) is 34.5 Å². The van der Waals surface area contributed by atoms with E-state index < -0.39 is 34.4 Å². The van der Waals surface area contributed by atoms with E-state index >= 15 is 4.39 Å². The lowest BCUT2D eigenvalue weighted by Gasteiger charge is -2.22. The van der Waals surface area contributed by atoms with Crippen molar-refractivity contribution in [2.24, 2.45) is 5.92 Å². The first-order valence-electron chi connectivity index (χ1n) is 10.6. The van der Waals surface area contributed by atoms with Gasteiger partial charge in [0, 0.05) is 31.4 Å². The van der Waals surface area contributed by atoms with E-state index in [1.165, 1.54) is 0 Å². The summed E-state index contributed by atoms with van der Waals surface area (Å²) in [6, 6.07) is 3.89. The van der Waals surface area contributed by atoms with Gasteiger partial charge in [-0.05, 0) is 44.0 Å². The molecule has 4 rings (SSSR count). The molecule has 0 spiro atoms. The standard InChI is InChI=1S/C23H23F3N4O3/c1-3-27-12(2)13-6-7-29(10-13)22-18(26)9-15-20(31)16(23(32)33)11-30(21(15)28-22)19-5-4-14(24)8-17(19)25/h4-5,8-9,11-13,27H,3,6-7,10H2,1-2H3,(H,32,33)/t12-,13?/m1/s1. The number of pyridine rings is 2. The van der Waals surface area contributed by atoms with Gasteiger partial charge in [0.25, 0.3) is 0 Å². The van der Waals surface area contributed by atoms with E-state index in [0.717, 1.165) is 41.9 Å². The zero-order valence-corrected chi connectivity index (χ0v) is 18.1. The molecule has 0 radical (unpaired) electrons. The Morgan fingerprint density at radius 3 is 2.70 bits per heavy atom. The van der Waals surface area contributed by atoms with Gasteiger partial charge in [0.2, 0.25) is 5.43 Å². The molecule has 3 aromatic rings. The summed E-state index contributed by atoms with van der Waals surface area (Å²) in [6.07, 6.45) is 1.74. The quantitative estimate of drug-likeness (QED) is 0.587. The maximum atomic E-state index is 15.1. The fourth-order valence-electron chi connectivity index (χ4n) is 4.33. The first-order valence-corrected chi connectivity index (χ1v) is 10.6. The molecule has 0 amide bonds. The normalized spacial score (nSPS) is 17.0. The highest BCUT2D eigenvalue weighted by Gasteiger charge is 2.30. The van der Waals surface area contributed by atoms with Crippen molar-refractivity contribution in [3.05, 3.63) is 63.7 Å². The highest BCUT2D eigenvalue weighted by molar-refractivity contribution is 5.92. The fraction of sp³-hybridized carbons (Fsp3) is 0.348. The molecule has 0 bridgehead atoms. The molecule has 2 N–H and O–H groups in total. The van der Waals surface area contributed by atoms with Gasteiger partial charge < -0.3 is 15.3 Å². The molecule has 1 aliphatic heterocycles. The number of carboxylic acids is 1. The molecule has 2 atom stereocenters. The van der Waals surface area contributed by atoms with Crippen LogP contribution in [0.25, 0.3) is 16.7 Å². The molecular weight excluding hydrogens is 437 g/mol. The van der Waals surface area contributed by atoms with E-state index in [1.54, 1.807) is 4.90 Å². The van der Waals surface area contributed by atoms with Crippen LogP contribution in [-0.4, -0.2) is 46.3 Å². The summed E-state index contributed by atoms with van der Waals surface area (Å²) in [7, 11) is 0. The number of aromatic nitrogens is 2. The third-order valence-electron chi connectivity index (χ3n) is 6.07. The lowest BCUT2D eigenvalue weighted by molar-refractivity contribution is 0.0695. The Morgan fingerprint density at radius 2 is 2.03 bits per heavy atom. The summed E-state index contributed by atoms with van der Waals surface area (Å²) in [5, 5.41) is 12.5. The van der Waals surface area contributed by atoms with E-state index in [9.17, 15) is 23.5 Å². The largest absolute Gasteiger partial charge is 0.477 e. The van der Waals surface area contributed by atoms with Gasteiger partial charge in [-0.1, -0.05) is 6.92 Å². The molecule has 7 nitrogen and oxygen atoms in total. The lowest BCUT2D eigenvalue weighted by atomic mass is 10.0. The number of nitrogens with one attached hydrogen (secondary N) is 1. The molecule has 174 valence electrons. The maximum absolute atomic E-state index is 15.1. The predicted octanol–water partition coefficient (Wildman–Crippen LogP) is 3.33. The Hall–Kier alpha value is -3.40. The second-order valence-electron chi connectivity index (χ2n) is 8.15. The molecule has 1 aliphatic rings. The van der Waals surface area contributed by atoms with Crippen molar-refractivity contribution in [3.63, 3.8) is 0 Å². The average molecular weight is 460 g/mol. The number of rotatable bonds is 6. The lowest BCUT2D eigenvalue weighted by Crippen LogP contribution is -2.35. The number of carbonyl (C=O) groups is 1. The summed E-state index contributed by atoms with van der Waals surface area (Å²) in [6.45, 7) is 5.95. The van der Waals surface area contributed by atoms with Crippen LogP contribution in [0, 0.1) is 23.4 Å². The third-order valence-corrected chi connectivity index (χ3v) is 6.07. The van der Waals surface area contributed by atoms with E-state index in [0.29, 0.717) is 19.2 Å². The minimum absolute atomic E-state index is 0.00700. The van der Waals surface area contributed by atoms with E-state index in [1.807, 2.05) is 6.92 Å².